The van der Waals surface area contributed by atoms with Crippen LogP contribution in [0.3, 0.4) is 0 Å². The molecule has 1 aromatic heterocycles. The van der Waals surface area contributed by atoms with Crippen molar-refractivity contribution in [1.29, 1.82) is 0 Å². The Balaban J connectivity index is 1.18. The summed E-state index contributed by atoms with van der Waals surface area (Å²) in [6.07, 6.45) is 1.61. The molecule has 0 radical (unpaired) electrons. The summed E-state index contributed by atoms with van der Waals surface area (Å²) in [6.45, 7) is 6.36. The highest BCUT2D eigenvalue weighted by Gasteiger charge is 2.56. The maximum atomic E-state index is 9.35. The second kappa shape index (κ2) is 6.80. The fourth-order valence-electron chi connectivity index (χ4n) is 4.92. The molecule has 0 bridgehead atoms. The number of rotatable bonds is 5. The van der Waals surface area contributed by atoms with Gasteiger partial charge in [-0.3, -0.25) is 4.90 Å². The third kappa shape index (κ3) is 3.19. The van der Waals surface area contributed by atoms with E-state index in [4.69, 9.17) is 9.47 Å². The van der Waals surface area contributed by atoms with Gasteiger partial charge in [-0.2, -0.15) is 0 Å². The first kappa shape index (κ1) is 17.0. The molecule has 27 heavy (non-hydrogen) atoms. The maximum Gasteiger partial charge on any atom is 0.257 e. The van der Waals surface area contributed by atoms with Crippen LogP contribution in [0.4, 0.5) is 0 Å². The number of nitrogens with zero attached hydrogens (tertiary/aromatic N) is 2. The van der Waals surface area contributed by atoms with Crippen molar-refractivity contribution >= 4 is 0 Å². The van der Waals surface area contributed by atoms with Crippen molar-refractivity contribution in [2.45, 2.75) is 19.6 Å². The number of aromatic nitrogens is 1. The highest BCUT2D eigenvalue weighted by molar-refractivity contribution is 5.36. The highest BCUT2D eigenvalue weighted by atomic mass is 16.6. The molecule has 1 saturated carbocycles. The van der Waals surface area contributed by atoms with Crippen LogP contribution >= 0.6 is 0 Å². The number of piperidine rings is 1. The number of aliphatic hydroxyl groups excluding tert-OH is 1. The van der Waals surface area contributed by atoms with E-state index in [9.17, 15) is 5.11 Å². The Bertz CT molecular complexity index is 797. The molecule has 4 atom stereocenters. The number of aliphatic hydroxyl groups is 1. The van der Waals surface area contributed by atoms with E-state index in [0.717, 1.165) is 29.9 Å². The van der Waals surface area contributed by atoms with E-state index in [1.54, 1.807) is 6.20 Å². The van der Waals surface area contributed by atoms with E-state index in [2.05, 4.69) is 41.1 Å². The lowest BCUT2D eigenvalue weighted by molar-refractivity contribution is 0.0851. The van der Waals surface area contributed by atoms with Gasteiger partial charge in [0.2, 0.25) is 0 Å². The molecule has 1 aromatic carbocycles. The SMILES string of the molecule is CC(CO)C1C2CN(Cc3ccc(C4COc5cccnc5O4)cc3)CC21. The molecule has 2 aromatic rings. The molecule has 5 rings (SSSR count). The molecule has 2 fully saturated rings. The molecule has 1 N–H and O–H groups in total. The van der Waals surface area contributed by atoms with Crippen molar-refractivity contribution in [2.75, 3.05) is 26.3 Å². The number of hydrogen-bond acceptors (Lipinski definition) is 5. The number of ether oxygens (including phenoxy) is 2. The zero-order valence-electron chi connectivity index (χ0n) is 15.6. The zero-order valence-corrected chi connectivity index (χ0v) is 15.6. The lowest BCUT2D eigenvalue weighted by Gasteiger charge is -2.26. The van der Waals surface area contributed by atoms with Crippen LogP contribution in [0.25, 0.3) is 0 Å². The summed E-state index contributed by atoms with van der Waals surface area (Å²) in [5.41, 5.74) is 2.46. The third-order valence-electron chi connectivity index (χ3n) is 6.42. The third-order valence-corrected chi connectivity index (χ3v) is 6.42. The average Bonchev–Trinajstić information content (AvgIpc) is 3.22. The van der Waals surface area contributed by atoms with Crippen molar-refractivity contribution in [3.05, 3.63) is 53.7 Å². The normalized spacial score (nSPS) is 30.0. The van der Waals surface area contributed by atoms with Gasteiger partial charge in [0.05, 0.1) is 0 Å². The predicted molar refractivity (Wildman–Crippen MR) is 102 cm³/mol. The number of benzene rings is 1. The van der Waals surface area contributed by atoms with Gasteiger partial charge in [-0.05, 0) is 46.9 Å². The second-order valence-electron chi connectivity index (χ2n) is 8.22. The van der Waals surface area contributed by atoms with E-state index in [1.165, 1.54) is 18.7 Å². The van der Waals surface area contributed by atoms with E-state index in [0.29, 0.717) is 30.8 Å². The molecule has 3 aliphatic rings. The Morgan fingerprint density at radius 3 is 2.70 bits per heavy atom. The van der Waals surface area contributed by atoms with Crippen LogP contribution in [0, 0.1) is 23.7 Å². The smallest absolute Gasteiger partial charge is 0.257 e. The molecular formula is C22H26N2O3. The molecular weight excluding hydrogens is 340 g/mol. The van der Waals surface area contributed by atoms with E-state index < -0.39 is 0 Å². The van der Waals surface area contributed by atoms with Gasteiger partial charge >= 0.3 is 0 Å². The van der Waals surface area contributed by atoms with Crippen LogP contribution in [0.2, 0.25) is 0 Å². The summed E-state index contributed by atoms with van der Waals surface area (Å²) in [7, 11) is 0. The number of pyridine rings is 1. The van der Waals surface area contributed by atoms with Gasteiger partial charge in [0, 0.05) is 32.4 Å². The Morgan fingerprint density at radius 2 is 1.96 bits per heavy atom. The van der Waals surface area contributed by atoms with Crippen molar-refractivity contribution in [3.8, 4) is 11.6 Å². The number of fused-ring (bicyclic) bond motifs is 2. The van der Waals surface area contributed by atoms with Crippen LogP contribution in [0.15, 0.2) is 42.6 Å². The van der Waals surface area contributed by atoms with E-state index >= 15 is 0 Å². The summed E-state index contributed by atoms with van der Waals surface area (Å²) in [4.78, 5) is 6.79. The van der Waals surface area contributed by atoms with Crippen molar-refractivity contribution in [3.63, 3.8) is 0 Å². The fourth-order valence-corrected chi connectivity index (χ4v) is 4.92. The predicted octanol–water partition coefficient (Wildman–Crippen LogP) is 2.90. The minimum absolute atomic E-state index is 0.110. The van der Waals surface area contributed by atoms with Crippen LogP contribution in [0.1, 0.15) is 24.2 Å². The fraction of sp³-hybridized carbons (Fsp3) is 0.500. The Morgan fingerprint density at radius 1 is 1.19 bits per heavy atom. The van der Waals surface area contributed by atoms with Gasteiger partial charge in [-0.25, -0.2) is 4.98 Å². The molecule has 5 nitrogen and oxygen atoms in total. The van der Waals surface area contributed by atoms with Gasteiger partial charge in [0.25, 0.3) is 5.88 Å². The molecule has 0 amide bonds. The van der Waals surface area contributed by atoms with Gasteiger partial charge < -0.3 is 14.6 Å². The van der Waals surface area contributed by atoms with Crippen LogP contribution in [-0.2, 0) is 6.54 Å². The minimum Gasteiger partial charge on any atom is -0.484 e. The quantitative estimate of drug-likeness (QED) is 0.882. The van der Waals surface area contributed by atoms with Crippen molar-refractivity contribution < 1.29 is 14.6 Å². The number of likely N-dealkylation sites (tertiary alicyclic amines) is 1. The molecule has 4 unspecified atom stereocenters. The molecule has 3 heterocycles. The molecule has 0 spiro atoms. The first-order valence-electron chi connectivity index (χ1n) is 9.89. The van der Waals surface area contributed by atoms with E-state index in [1.807, 2.05) is 12.1 Å². The Labute approximate surface area is 159 Å². The maximum absolute atomic E-state index is 9.35. The Hall–Kier alpha value is -2.11. The largest absolute Gasteiger partial charge is 0.484 e. The average molecular weight is 366 g/mol. The summed E-state index contributed by atoms with van der Waals surface area (Å²) in [5.74, 6) is 4.08. The van der Waals surface area contributed by atoms with Gasteiger partial charge in [0.15, 0.2) is 11.9 Å². The van der Waals surface area contributed by atoms with Crippen LogP contribution in [0.5, 0.6) is 11.6 Å². The van der Waals surface area contributed by atoms with Crippen LogP contribution < -0.4 is 9.47 Å². The summed E-state index contributed by atoms with van der Waals surface area (Å²) in [6, 6.07) is 12.4. The first-order chi connectivity index (χ1) is 13.2. The second-order valence-corrected chi connectivity index (χ2v) is 8.22. The number of hydrogen-bond donors (Lipinski definition) is 1. The minimum atomic E-state index is -0.110. The van der Waals surface area contributed by atoms with Gasteiger partial charge in [0.1, 0.15) is 6.61 Å². The van der Waals surface area contributed by atoms with Gasteiger partial charge in [-0.15, -0.1) is 0 Å². The highest BCUT2D eigenvalue weighted by Crippen LogP contribution is 2.55. The van der Waals surface area contributed by atoms with E-state index in [-0.39, 0.29) is 6.10 Å². The lowest BCUT2D eigenvalue weighted by atomic mass is 10.0. The van der Waals surface area contributed by atoms with Gasteiger partial charge in [-0.1, -0.05) is 31.2 Å². The van der Waals surface area contributed by atoms with Crippen molar-refractivity contribution in [2.24, 2.45) is 23.7 Å². The van der Waals surface area contributed by atoms with Crippen LogP contribution in [-0.4, -0.2) is 41.3 Å². The molecule has 142 valence electrons. The molecule has 1 saturated heterocycles. The summed E-state index contributed by atoms with van der Waals surface area (Å²) in [5, 5.41) is 9.35. The summed E-state index contributed by atoms with van der Waals surface area (Å²) < 4.78 is 11.8. The molecule has 2 aliphatic heterocycles. The van der Waals surface area contributed by atoms with Crippen molar-refractivity contribution in [1.82, 2.24) is 9.88 Å². The molecule has 1 aliphatic carbocycles. The first-order valence-corrected chi connectivity index (χ1v) is 9.89. The lowest BCUT2D eigenvalue weighted by Crippen LogP contribution is -2.26. The monoisotopic (exact) mass is 366 g/mol. The molecule has 5 heteroatoms. The summed E-state index contributed by atoms with van der Waals surface area (Å²) >= 11 is 0. The standard InChI is InChI=1S/C22H26N2O3/c1-14(12-25)21-17-10-24(11-18(17)21)9-15-4-6-16(7-5-15)20-13-26-19-3-2-8-23-22(19)27-20/h2-8,14,17-18,20-21,25H,9-13H2,1H3. The zero-order chi connectivity index (χ0) is 18.4. The topological polar surface area (TPSA) is 54.8 Å². The Kier molecular flexibility index (Phi) is 4.29.